The highest BCUT2D eigenvalue weighted by molar-refractivity contribution is 6.30. The van der Waals surface area contributed by atoms with Gasteiger partial charge in [0.25, 0.3) is 0 Å². The third-order valence-corrected chi connectivity index (χ3v) is 4.32. The van der Waals surface area contributed by atoms with Gasteiger partial charge >= 0.3 is 6.03 Å². The van der Waals surface area contributed by atoms with Crippen LogP contribution in [0.5, 0.6) is 0 Å². The van der Waals surface area contributed by atoms with Gasteiger partial charge in [-0.25, -0.2) is 4.79 Å². The number of halogens is 1. The van der Waals surface area contributed by atoms with E-state index in [4.69, 9.17) is 16.3 Å². The Morgan fingerprint density at radius 3 is 2.83 bits per heavy atom. The van der Waals surface area contributed by atoms with Crippen LogP contribution in [0, 0.1) is 0 Å². The van der Waals surface area contributed by atoms with E-state index in [0.717, 1.165) is 5.56 Å². The van der Waals surface area contributed by atoms with Gasteiger partial charge in [-0.1, -0.05) is 23.7 Å². The van der Waals surface area contributed by atoms with E-state index in [9.17, 15) is 4.79 Å². The number of morpholine rings is 1. The summed E-state index contributed by atoms with van der Waals surface area (Å²) in [5, 5.41) is 11.5. The van der Waals surface area contributed by atoms with Crippen molar-refractivity contribution in [2.75, 3.05) is 19.7 Å². The molecule has 7 nitrogen and oxygen atoms in total. The third kappa shape index (κ3) is 3.68. The first-order valence-electron chi connectivity index (χ1n) is 7.81. The molecule has 1 fully saturated rings. The number of benzene rings is 1. The zero-order valence-corrected chi connectivity index (χ0v) is 14.4. The van der Waals surface area contributed by atoms with E-state index >= 15 is 0 Å². The van der Waals surface area contributed by atoms with Crippen molar-refractivity contribution < 1.29 is 9.53 Å². The molecular weight excluding hydrogens is 330 g/mol. The molecule has 2 heterocycles. The van der Waals surface area contributed by atoms with Crippen molar-refractivity contribution in [1.29, 1.82) is 0 Å². The van der Waals surface area contributed by atoms with Crippen LogP contribution < -0.4 is 5.32 Å². The first-order chi connectivity index (χ1) is 11.5. The normalized spacial score (nSPS) is 19.1. The summed E-state index contributed by atoms with van der Waals surface area (Å²) in [6.45, 7) is 3.44. The highest BCUT2D eigenvalue weighted by Crippen LogP contribution is 2.24. The van der Waals surface area contributed by atoms with Gasteiger partial charge < -0.3 is 19.5 Å². The molecule has 2 amide bonds. The van der Waals surface area contributed by atoms with Crippen molar-refractivity contribution in [3.63, 3.8) is 0 Å². The number of aromatic nitrogens is 3. The van der Waals surface area contributed by atoms with Crippen LogP contribution in [0.15, 0.2) is 30.6 Å². The van der Waals surface area contributed by atoms with E-state index in [0.29, 0.717) is 30.5 Å². The fraction of sp³-hybridized carbons (Fsp3) is 0.438. The standard InChI is InChI=1S/C16H20ClN5O2/c1-11(15-20-18-10-21(15)2)19-16(23)22-7-8-24-14(9-22)12-3-5-13(17)6-4-12/h3-6,10-11,14H,7-9H2,1-2H3,(H,19,23)/t11-,14+/m1/s1. The second-order valence-corrected chi connectivity index (χ2v) is 6.26. The Hall–Kier alpha value is -2.12. The summed E-state index contributed by atoms with van der Waals surface area (Å²) in [6, 6.07) is 7.16. The number of hydrogen-bond acceptors (Lipinski definition) is 4. The topological polar surface area (TPSA) is 72.3 Å². The summed E-state index contributed by atoms with van der Waals surface area (Å²) in [7, 11) is 1.85. The van der Waals surface area contributed by atoms with Gasteiger partial charge in [-0.2, -0.15) is 0 Å². The van der Waals surface area contributed by atoms with E-state index in [1.807, 2.05) is 38.2 Å². The number of rotatable bonds is 3. The monoisotopic (exact) mass is 349 g/mol. The maximum Gasteiger partial charge on any atom is 0.318 e. The molecule has 3 rings (SSSR count). The van der Waals surface area contributed by atoms with Gasteiger partial charge in [-0.3, -0.25) is 0 Å². The average molecular weight is 350 g/mol. The van der Waals surface area contributed by atoms with Gasteiger partial charge in [0.1, 0.15) is 12.4 Å². The summed E-state index contributed by atoms with van der Waals surface area (Å²) < 4.78 is 7.58. The first kappa shape index (κ1) is 16.7. The molecule has 24 heavy (non-hydrogen) atoms. The molecule has 2 aromatic rings. The molecule has 0 aliphatic carbocycles. The lowest BCUT2D eigenvalue weighted by Crippen LogP contribution is -2.47. The quantitative estimate of drug-likeness (QED) is 0.923. The third-order valence-electron chi connectivity index (χ3n) is 4.07. The number of hydrogen-bond donors (Lipinski definition) is 1. The van der Waals surface area contributed by atoms with Crippen LogP contribution >= 0.6 is 11.6 Å². The van der Waals surface area contributed by atoms with Crippen molar-refractivity contribution in [2.24, 2.45) is 7.05 Å². The van der Waals surface area contributed by atoms with Crippen LogP contribution in [-0.4, -0.2) is 45.4 Å². The molecule has 8 heteroatoms. The van der Waals surface area contributed by atoms with Crippen LogP contribution in [0.25, 0.3) is 0 Å². The second-order valence-electron chi connectivity index (χ2n) is 5.83. The molecule has 1 aliphatic rings. The minimum absolute atomic E-state index is 0.132. The van der Waals surface area contributed by atoms with Crippen LogP contribution in [0.4, 0.5) is 4.79 Å². The van der Waals surface area contributed by atoms with Crippen molar-refractivity contribution >= 4 is 17.6 Å². The van der Waals surface area contributed by atoms with E-state index in [1.54, 1.807) is 15.8 Å². The molecule has 2 atom stereocenters. The van der Waals surface area contributed by atoms with Gasteiger partial charge in [0.15, 0.2) is 5.82 Å². The minimum Gasteiger partial charge on any atom is -0.370 e. The van der Waals surface area contributed by atoms with Gasteiger partial charge in [0.2, 0.25) is 0 Å². The number of nitrogens with zero attached hydrogens (tertiary/aromatic N) is 4. The number of aryl methyl sites for hydroxylation is 1. The van der Waals surface area contributed by atoms with Crippen LogP contribution in [0.3, 0.4) is 0 Å². The lowest BCUT2D eigenvalue weighted by Gasteiger charge is -2.33. The predicted octanol–water partition coefficient (Wildman–Crippen LogP) is 2.31. The fourth-order valence-corrected chi connectivity index (χ4v) is 2.86. The van der Waals surface area contributed by atoms with Gasteiger partial charge in [0.05, 0.1) is 19.2 Å². The Morgan fingerprint density at radius 1 is 1.42 bits per heavy atom. The summed E-state index contributed by atoms with van der Waals surface area (Å²) in [5.74, 6) is 0.714. The van der Waals surface area contributed by atoms with E-state index in [-0.39, 0.29) is 18.2 Å². The molecular formula is C16H20ClN5O2. The second kappa shape index (κ2) is 7.19. The molecule has 0 unspecified atom stereocenters. The molecule has 1 saturated heterocycles. The molecule has 128 valence electrons. The lowest BCUT2D eigenvalue weighted by atomic mass is 10.1. The van der Waals surface area contributed by atoms with Gasteiger partial charge in [0, 0.05) is 18.6 Å². The highest BCUT2D eigenvalue weighted by Gasteiger charge is 2.26. The Balaban J connectivity index is 1.62. The van der Waals surface area contributed by atoms with E-state index in [2.05, 4.69) is 15.5 Å². The van der Waals surface area contributed by atoms with Crippen molar-refractivity contribution in [3.8, 4) is 0 Å². The molecule has 0 bridgehead atoms. The van der Waals surface area contributed by atoms with Crippen molar-refractivity contribution in [3.05, 3.63) is 47.0 Å². The zero-order chi connectivity index (χ0) is 17.1. The average Bonchev–Trinajstić information content (AvgIpc) is 3.02. The van der Waals surface area contributed by atoms with E-state index < -0.39 is 0 Å². The van der Waals surface area contributed by atoms with Crippen molar-refractivity contribution in [2.45, 2.75) is 19.1 Å². The number of amides is 2. The minimum atomic E-state index is -0.221. The summed E-state index contributed by atoms with van der Waals surface area (Å²) in [5.41, 5.74) is 1.01. The Morgan fingerprint density at radius 2 is 2.17 bits per heavy atom. The molecule has 0 spiro atoms. The molecule has 1 aromatic carbocycles. The molecule has 1 aliphatic heterocycles. The van der Waals surface area contributed by atoms with Crippen LogP contribution in [0.2, 0.25) is 5.02 Å². The molecule has 0 saturated carbocycles. The maximum atomic E-state index is 12.5. The molecule has 1 N–H and O–H groups in total. The lowest BCUT2D eigenvalue weighted by molar-refractivity contribution is -0.0157. The molecule has 0 radical (unpaired) electrons. The Kier molecular flexibility index (Phi) is 5.01. The van der Waals surface area contributed by atoms with Crippen molar-refractivity contribution in [1.82, 2.24) is 25.0 Å². The Labute approximate surface area is 145 Å². The number of ether oxygens (including phenoxy) is 1. The number of carbonyl (C=O) groups excluding carboxylic acids is 1. The largest absolute Gasteiger partial charge is 0.370 e. The number of nitrogens with one attached hydrogen (secondary N) is 1. The Bertz CT molecular complexity index is 703. The summed E-state index contributed by atoms with van der Waals surface area (Å²) >= 11 is 5.92. The predicted molar refractivity (Wildman–Crippen MR) is 89.7 cm³/mol. The van der Waals surface area contributed by atoms with Gasteiger partial charge in [-0.05, 0) is 24.6 Å². The maximum absolute atomic E-state index is 12.5. The number of urea groups is 1. The SMILES string of the molecule is C[C@@H](NC(=O)N1CCO[C@H](c2ccc(Cl)cc2)C1)c1nncn1C. The zero-order valence-electron chi connectivity index (χ0n) is 13.6. The van der Waals surface area contributed by atoms with Gasteiger partial charge in [-0.15, -0.1) is 10.2 Å². The van der Waals surface area contributed by atoms with Crippen LogP contribution in [-0.2, 0) is 11.8 Å². The summed E-state index contributed by atoms with van der Waals surface area (Å²) in [4.78, 5) is 14.3. The smallest absolute Gasteiger partial charge is 0.318 e. The number of carbonyl (C=O) groups is 1. The first-order valence-corrected chi connectivity index (χ1v) is 8.19. The summed E-state index contributed by atoms with van der Waals surface area (Å²) in [6.07, 6.45) is 1.47. The molecule has 1 aromatic heterocycles. The van der Waals surface area contributed by atoms with Crippen LogP contribution in [0.1, 0.15) is 30.5 Å². The van der Waals surface area contributed by atoms with E-state index in [1.165, 1.54) is 0 Å². The fourth-order valence-electron chi connectivity index (χ4n) is 2.74. The highest BCUT2D eigenvalue weighted by atomic mass is 35.5.